The second-order valence-corrected chi connectivity index (χ2v) is 6.77. The maximum atomic E-state index is 12.6. The lowest BCUT2D eigenvalue weighted by Crippen LogP contribution is -2.42. The number of piperidine rings is 1. The second-order valence-electron chi connectivity index (χ2n) is 6.77. The van der Waals surface area contributed by atoms with Crippen LogP contribution in [0.25, 0.3) is 0 Å². The van der Waals surface area contributed by atoms with Crippen molar-refractivity contribution in [1.82, 2.24) is 4.90 Å². The third kappa shape index (κ3) is 3.27. The van der Waals surface area contributed by atoms with Gasteiger partial charge in [0.1, 0.15) is 0 Å². The molecule has 3 rings (SSSR count). The summed E-state index contributed by atoms with van der Waals surface area (Å²) in [6.07, 6.45) is 2.27. The Morgan fingerprint density at radius 1 is 1.12 bits per heavy atom. The van der Waals surface area contributed by atoms with Crippen molar-refractivity contribution in [2.45, 2.75) is 26.2 Å². The fourth-order valence-electron chi connectivity index (χ4n) is 3.39. The summed E-state index contributed by atoms with van der Waals surface area (Å²) in [5, 5.41) is 8.94. The van der Waals surface area contributed by atoms with Crippen molar-refractivity contribution in [3.8, 4) is 0 Å². The molecule has 0 bridgehead atoms. The van der Waals surface area contributed by atoms with Crippen molar-refractivity contribution >= 4 is 23.5 Å². The molecule has 128 valence electrons. The summed E-state index contributed by atoms with van der Waals surface area (Å²) >= 11 is 0. The van der Waals surface area contributed by atoms with Crippen LogP contribution in [0.3, 0.4) is 0 Å². The molecule has 0 aliphatic carbocycles. The molecule has 0 saturated carbocycles. The van der Waals surface area contributed by atoms with Gasteiger partial charge in [-0.25, -0.2) is 4.79 Å². The molecule has 2 aliphatic heterocycles. The highest BCUT2D eigenvalue weighted by molar-refractivity contribution is 6.00. The van der Waals surface area contributed by atoms with Gasteiger partial charge < -0.3 is 14.9 Å². The van der Waals surface area contributed by atoms with Gasteiger partial charge >= 0.3 is 5.97 Å². The van der Waals surface area contributed by atoms with Crippen LogP contribution in [0.15, 0.2) is 24.3 Å². The Bertz CT molecular complexity index is 647. The number of carboxylic acid groups (broad SMARTS) is 1. The summed E-state index contributed by atoms with van der Waals surface area (Å²) in [5.41, 5.74) is 0.827. The van der Waals surface area contributed by atoms with Crippen molar-refractivity contribution in [3.05, 3.63) is 29.8 Å². The summed E-state index contributed by atoms with van der Waals surface area (Å²) in [6, 6.07) is 6.20. The average molecular weight is 330 g/mol. The monoisotopic (exact) mass is 330 g/mol. The number of aromatic carboxylic acids is 1. The SMILES string of the molecule is CC1CCN(C(=O)C2CC(=O)N(c3ccc(C(=O)O)cc3)C2)CC1. The number of carbonyl (C=O) groups excluding carboxylic acids is 2. The van der Waals surface area contributed by atoms with E-state index in [0.717, 1.165) is 25.9 Å². The number of nitrogens with zero attached hydrogens (tertiary/aromatic N) is 2. The minimum absolute atomic E-state index is 0.0694. The summed E-state index contributed by atoms with van der Waals surface area (Å²) < 4.78 is 0. The molecule has 2 heterocycles. The first-order chi connectivity index (χ1) is 11.5. The zero-order valence-electron chi connectivity index (χ0n) is 13.8. The van der Waals surface area contributed by atoms with E-state index < -0.39 is 5.97 Å². The predicted octanol–water partition coefficient (Wildman–Crippen LogP) is 2.00. The highest BCUT2D eigenvalue weighted by Crippen LogP contribution is 2.28. The molecular weight excluding hydrogens is 308 g/mol. The van der Waals surface area contributed by atoms with Crippen LogP contribution in [0.1, 0.15) is 36.5 Å². The normalized spacial score (nSPS) is 22.0. The predicted molar refractivity (Wildman–Crippen MR) is 88.8 cm³/mol. The summed E-state index contributed by atoms with van der Waals surface area (Å²) in [7, 11) is 0. The van der Waals surface area contributed by atoms with E-state index in [1.165, 1.54) is 12.1 Å². The molecule has 0 radical (unpaired) electrons. The van der Waals surface area contributed by atoms with E-state index in [2.05, 4.69) is 6.92 Å². The van der Waals surface area contributed by atoms with Crippen LogP contribution < -0.4 is 4.90 Å². The molecule has 1 atom stereocenters. The Hall–Kier alpha value is -2.37. The van der Waals surface area contributed by atoms with E-state index >= 15 is 0 Å². The standard InChI is InChI=1S/C18H22N2O4/c1-12-6-8-19(9-7-12)17(22)14-10-16(21)20(11-14)15-4-2-13(3-5-15)18(23)24/h2-5,12,14H,6-11H2,1H3,(H,23,24). The van der Waals surface area contributed by atoms with Crippen molar-refractivity contribution in [2.75, 3.05) is 24.5 Å². The van der Waals surface area contributed by atoms with E-state index in [1.54, 1.807) is 17.0 Å². The van der Waals surface area contributed by atoms with Crippen LogP contribution in [-0.4, -0.2) is 47.4 Å². The molecule has 6 nitrogen and oxygen atoms in total. The van der Waals surface area contributed by atoms with Gasteiger partial charge in [0, 0.05) is 31.7 Å². The first kappa shape index (κ1) is 16.5. The smallest absolute Gasteiger partial charge is 0.335 e. The Morgan fingerprint density at radius 2 is 1.75 bits per heavy atom. The van der Waals surface area contributed by atoms with Crippen molar-refractivity contribution in [3.63, 3.8) is 0 Å². The molecule has 1 N–H and O–H groups in total. The zero-order chi connectivity index (χ0) is 17.3. The van der Waals surface area contributed by atoms with Gasteiger partial charge in [-0.15, -0.1) is 0 Å². The van der Waals surface area contributed by atoms with Gasteiger partial charge in [0.05, 0.1) is 11.5 Å². The van der Waals surface area contributed by atoms with Crippen LogP contribution in [0.2, 0.25) is 0 Å². The molecule has 6 heteroatoms. The highest BCUT2D eigenvalue weighted by atomic mass is 16.4. The van der Waals surface area contributed by atoms with E-state index in [0.29, 0.717) is 18.2 Å². The molecule has 0 aromatic heterocycles. The molecule has 2 aliphatic rings. The highest BCUT2D eigenvalue weighted by Gasteiger charge is 2.37. The molecular formula is C18H22N2O4. The lowest BCUT2D eigenvalue weighted by atomic mass is 9.97. The third-order valence-electron chi connectivity index (χ3n) is 5.00. The van der Waals surface area contributed by atoms with Crippen LogP contribution in [0.4, 0.5) is 5.69 Å². The van der Waals surface area contributed by atoms with Gasteiger partial charge in [-0.1, -0.05) is 6.92 Å². The molecule has 2 saturated heterocycles. The quantitative estimate of drug-likeness (QED) is 0.919. The van der Waals surface area contributed by atoms with Gasteiger partial charge in [-0.05, 0) is 43.0 Å². The lowest BCUT2D eigenvalue weighted by molar-refractivity contribution is -0.137. The molecule has 2 amide bonds. The number of carbonyl (C=O) groups is 3. The number of rotatable bonds is 3. The number of likely N-dealkylation sites (tertiary alicyclic amines) is 1. The number of anilines is 1. The van der Waals surface area contributed by atoms with Crippen LogP contribution >= 0.6 is 0 Å². The number of carboxylic acids is 1. The Kier molecular flexibility index (Phi) is 4.55. The topological polar surface area (TPSA) is 77.9 Å². The van der Waals surface area contributed by atoms with E-state index in [4.69, 9.17) is 5.11 Å². The second kappa shape index (κ2) is 6.63. The largest absolute Gasteiger partial charge is 0.478 e. The number of amides is 2. The Morgan fingerprint density at radius 3 is 2.33 bits per heavy atom. The Labute approximate surface area is 141 Å². The fraction of sp³-hybridized carbons (Fsp3) is 0.500. The third-order valence-corrected chi connectivity index (χ3v) is 5.00. The number of hydrogen-bond acceptors (Lipinski definition) is 3. The molecule has 2 fully saturated rings. The maximum absolute atomic E-state index is 12.6. The molecule has 1 aromatic carbocycles. The first-order valence-electron chi connectivity index (χ1n) is 8.38. The van der Waals surface area contributed by atoms with Gasteiger partial charge in [0.2, 0.25) is 11.8 Å². The number of benzene rings is 1. The van der Waals surface area contributed by atoms with E-state index in [-0.39, 0.29) is 29.7 Å². The van der Waals surface area contributed by atoms with Gasteiger partial charge in [-0.2, -0.15) is 0 Å². The summed E-state index contributed by atoms with van der Waals surface area (Å²) in [4.78, 5) is 39.3. The minimum atomic E-state index is -0.998. The van der Waals surface area contributed by atoms with Crippen molar-refractivity contribution in [2.24, 2.45) is 11.8 Å². The fourth-order valence-corrected chi connectivity index (χ4v) is 3.39. The average Bonchev–Trinajstić information content (AvgIpc) is 2.97. The van der Waals surface area contributed by atoms with Crippen LogP contribution in [0, 0.1) is 11.8 Å². The van der Waals surface area contributed by atoms with Crippen LogP contribution in [-0.2, 0) is 9.59 Å². The van der Waals surface area contributed by atoms with Gasteiger partial charge in [0.15, 0.2) is 0 Å². The molecule has 24 heavy (non-hydrogen) atoms. The van der Waals surface area contributed by atoms with Crippen LogP contribution in [0.5, 0.6) is 0 Å². The van der Waals surface area contributed by atoms with Gasteiger partial charge in [0.25, 0.3) is 0 Å². The van der Waals surface area contributed by atoms with Crippen molar-refractivity contribution < 1.29 is 19.5 Å². The summed E-state index contributed by atoms with van der Waals surface area (Å²) in [6.45, 7) is 4.12. The molecule has 1 aromatic rings. The molecule has 0 spiro atoms. The molecule has 1 unspecified atom stereocenters. The maximum Gasteiger partial charge on any atom is 0.335 e. The van der Waals surface area contributed by atoms with Gasteiger partial charge in [-0.3, -0.25) is 9.59 Å². The van der Waals surface area contributed by atoms with E-state index in [9.17, 15) is 14.4 Å². The lowest BCUT2D eigenvalue weighted by Gasteiger charge is -2.32. The first-order valence-corrected chi connectivity index (χ1v) is 8.38. The Balaban J connectivity index is 1.67. The van der Waals surface area contributed by atoms with Crippen molar-refractivity contribution in [1.29, 1.82) is 0 Å². The summed E-state index contributed by atoms with van der Waals surface area (Å²) in [5.74, 6) is -0.656. The minimum Gasteiger partial charge on any atom is -0.478 e. The zero-order valence-corrected chi connectivity index (χ0v) is 13.8. The number of hydrogen-bond donors (Lipinski definition) is 1. The van der Waals surface area contributed by atoms with E-state index in [1.807, 2.05) is 4.90 Å².